The standard InChI is InChI=1S/C20H23N5O3S/c1-3-15(2)24-29(27,28)18-10-8-16(9-11-18)20(26)23-19-7-5-4-6-17(19)12-25-14-21-13-22-25/h4-11,13-15,24H,3,12H2,1-2H3,(H,23,26). The molecule has 3 rings (SSSR count). The summed E-state index contributed by atoms with van der Waals surface area (Å²) < 4.78 is 28.9. The van der Waals surface area contributed by atoms with Crippen molar-refractivity contribution in [3.05, 3.63) is 72.3 Å². The molecule has 0 aliphatic heterocycles. The number of nitrogens with zero attached hydrogens (tertiary/aromatic N) is 3. The fourth-order valence-electron chi connectivity index (χ4n) is 2.67. The topological polar surface area (TPSA) is 106 Å². The Morgan fingerprint density at radius 1 is 1.14 bits per heavy atom. The van der Waals surface area contributed by atoms with Crippen LogP contribution in [0.5, 0.6) is 0 Å². The van der Waals surface area contributed by atoms with E-state index in [1.807, 2.05) is 25.1 Å². The van der Waals surface area contributed by atoms with E-state index in [1.165, 1.54) is 30.6 Å². The van der Waals surface area contributed by atoms with Crippen molar-refractivity contribution in [2.75, 3.05) is 5.32 Å². The van der Waals surface area contributed by atoms with Gasteiger partial charge in [-0.3, -0.25) is 4.79 Å². The highest BCUT2D eigenvalue weighted by molar-refractivity contribution is 7.89. The van der Waals surface area contributed by atoms with Gasteiger partial charge in [-0.2, -0.15) is 5.10 Å². The number of nitrogens with one attached hydrogen (secondary N) is 2. The van der Waals surface area contributed by atoms with Crippen LogP contribution in [0, 0.1) is 0 Å². The number of carbonyl (C=O) groups excluding carboxylic acids is 1. The number of benzene rings is 2. The smallest absolute Gasteiger partial charge is 0.255 e. The third-order valence-electron chi connectivity index (χ3n) is 4.46. The van der Waals surface area contributed by atoms with Gasteiger partial charge >= 0.3 is 0 Å². The van der Waals surface area contributed by atoms with E-state index < -0.39 is 10.0 Å². The highest BCUT2D eigenvalue weighted by Gasteiger charge is 2.17. The van der Waals surface area contributed by atoms with Gasteiger partial charge in [0.2, 0.25) is 10.0 Å². The molecule has 1 aromatic heterocycles. The predicted molar refractivity (Wildman–Crippen MR) is 110 cm³/mol. The number of hydrogen-bond acceptors (Lipinski definition) is 5. The Labute approximate surface area is 170 Å². The Kier molecular flexibility index (Phi) is 6.40. The van der Waals surface area contributed by atoms with Crippen molar-refractivity contribution in [3.8, 4) is 0 Å². The van der Waals surface area contributed by atoms with E-state index in [2.05, 4.69) is 20.1 Å². The second kappa shape index (κ2) is 8.97. The molecule has 9 heteroatoms. The van der Waals surface area contributed by atoms with Crippen LogP contribution in [-0.2, 0) is 16.6 Å². The number of anilines is 1. The van der Waals surface area contributed by atoms with Crippen LogP contribution in [0.2, 0.25) is 0 Å². The molecule has 3 aromatic rings. The normalized spacial score (nSPS) is 12.5. The summed E-state index contributed by atoms with van der Waals surface area (Å²) in [6, 6.07) is 13.1. The van der Waals surface area contributed by atoms with Crippen molar-refractivity contribution in [1.29, 1.82) is 0 Å². The van der Waals surface area contributed by atoms with Gasteiger partial charge in [0.25, 0.3) is 5.91 Å². The van der Waals surface area contributed by atoms with E-state index in [4.69, 9.17) is 0 Å². The Morgan fingerprint density at radius 3 is 2.52 bits per heavy atom. The van der Waals surface area contributed by atoms with Gasteiger partial charge in [0, 0.05) is 17.3 Å². The van der Waals surface area contributed by atoms with E-state index in [1.54, 1.807) is 24.0 Å². The van der Waals surface area contributed by atoms with Crippen molar-refractivity contribution >= 4 is 21.6 Å². The maximum Gasteiger partial charge on any atom is 0.255 e. The molecular weight excluding hydrogens is 390 g/mol. The lowest BCUT2D eigenvalue weighted by atomic mass is 10.1. The summed E-state index contributed by atoms with van der Waals surface area (Å²) in [6.45, 7) is 4.17. The SMILES string of the molecule is CCC(C)NS(=O)(=O)c1ccc(C(=O)Nc2ccccc2Cn2cncn2)cc1. The first-order valence-corrected chi connectivity index (χ1v) is 10.7. The van der Waals surface area contributed by atoms with Crippen LogP contribution in [0.1, 0.15) is 36.2 Å². The molecule has 0 saturated carbocycles. The van der Waals surface area contributed by atoms with Crippen LogP contribution in [-0.4, -0.2) is 35.1 Å². The first kappa shape index (κ1) is 20.7. The molecule has 0 aliphatic rings. The summed E-state index contributed by atoms with van der Waals surface area (Å²) in [7, 11) is -3.61. The van der Waals surface area contributed by atoms with Gasteiger partial charge in [0.1, 0.15) is 12.7 Å². The zero-order chi connectivity index (χ0) is 20.9. The maximum absolute atomic E-state index is 12.6. The van der Waals surface area contributed by atoms with Gasteiger partial charge < -0.3 is 5.32 Å². The summed E-state index contributed by atoms with van der Waals surface area (Å²) in [5.41, 5.74) is 1.90. The van der Waals surface area contributed by atoms with Gasteiger partial charge in [-0.1, -0.05) is 25.1 Å². The summed E-state index contributed by atoms with van der Waals surface area (Å²) in [4.78, 5) is 16.7. The summed E-state index contributed by atoms with van der Waals surface area (Å²) >= 11 is 0. The maximum atomic E-state index is 12.6. The third kappa shape index (κ3) is 5.27. The number of amides is 1. The average molecular weight is 414 g/mol. The number of para-hydroxylation sites is 1. The Hall–Kier alpha value is -3.04. The molecule has 2 N–H and O–H groups in total. The van der Waals surface area contributed by atoms with Crippen molar-refractivity contribution in [1.82, 2.24) is 19.5 Å². The van der Waals surface area contributed by atoms with Gasteiger partial charge in [-0.05, 0) is 49.2 Å². The highest BCUT2D eigenvalue weighted by atomic mass is 32.2. The Morgan fingerprint density at radius 2 is 1.86 bits per heavy atom. The first-order chi connectivity index (χ1) is 13.9. The molecule has 0 fully saturated rings. The molecule has 0 saturated heterocycles. The number of aromatic nitrogens is 3. The molecule has 2 aromatic carbocycles. The van der Waals surface area contributed by atoms with E-state index in [-0.39, 0.29) is 16.8 Å². The molecule has 1 unspecified atom stereocenters. The summed E-state index contributed by atoms with van der Waals surface area (Å²) in [6.07, 6.45) is 3.74. The summed E-state index contributed by atoms with van der Waals surface area (Å²) in [5.74, 6) is -0.324. The van der Waals surface area contributed by atoms with Crippen LogP contribution >= 0.6 is 0 Å². The molecule has 0 radical (unpaired) electrons. The zero-order valence-electron chi connectivity index (χ0n) is 16.2. The van der Waals surface area contributed by atoms with Crippen LogP contribution in [0.25, 0.3) is 0 Å². The van der Waals surface area contributed by atoms with Gasteiger partial charge in [-0.15, -0.1) is 0 Å². The van der Waals surface area contributed by atoms with Crippen molar-refractivity contribution < 1.29 is 13.2 Å². The molecule has 8 nitrogen and oxygen atoms in total. The van der Waals surface area contributed by atoms with E-state index in [9.17, 15) is 13.2 Å². The Bertz CT molecular complexity index is 1060. The number of sulfonamides is 1. The minimum Gasteiger partial charge on any atom is -0.322 e. The first-order valence-electron chi connectivity index (χ1n) is 9.23. The molecule has 1 amide bonds. The van der Waals surface area contributed by atoms with Crippen molar-refractivity contribution in [2.45, 2.75) is 37.8 Å². The fraction of sp³-hybridized carbons (Fsp3) is 0.250. The molecule has 152 valence electrons. The second-order valence-electron chi connectivity index (χ2n) is 6.66. The van der Waals surface area contributed by atoms with Gasteiger partial charge in [-0.25, -0.2) is 22.8 Å². The lowest BCUT2D eigenvalue weighted by molar-refractivity contribution is 0.102. The van der Waals surface area contributed by atoms with E-state index in [0.29, 0.717) is 24.2 Å². The van der Waals surface area contributed by atoms with Crippen molar-refractivity contribution in [3.63, 3.8) is 0 Å². The van der Waals surface area contributed by atoms with E-state index in [0.717, 1.165) is 5.56 Å². The van der Waals surface area contributed by atoms with Gasteiger partial charge in [0.15, 0.2) is 0 Å². The predicted octanol–water partition coefficient (Wildman–Crippen LogP) is 2.66. The lowest BCUT2D eigenvalue weighted by Crippen LogP contribution is -2.32. The second-order valence-corrected chi connectivity index (χ2v) is 8.37. The molecular formula is C20H23N5O3S. The fourth-order valence-corrected chi connectivity index (χ4v) is 3.99. The third-order valence-corrected chi connectivity index (χ3v) is 6.07. The van der Waals surface area contributed by atoms with Crippen LogP contribution in [0.15, 0.2) is 66.1 Å². The van der Waals surface area contributed by atoms with Crippen LogP contribution in [0.3, 0.4) is 0 Å². The largest absolute Gasteiger partial charge is 0.322 e. The highest BCUT2D eigenvalue weighted by Crippen LogP contribution is 2.18. The molecule has 1 heterocycles. The quantitative estimate of drug-likeness (QED) is 0.591. The minimum absolute atomic E-state index is 0.126. The monoisotopic (exact) mass is 413 g/mol. The van der Waals surface area contributed by atoms with Crippen LogP contribution in [0.4, 0.5) is 5.69 Å². The van der Waals surface area contributed by atoms with Crippen LogP contribution < -0.4 is 10.0 Å². The lowest BCUT2D eigenvalue weighted by Gasteiger charge is -2.13. The molecule has 1 atom stereocenters. The Balaban J connectivity index is 1.74. The summed E-state index contributed by atoms with van der Waals surface area (Å²) in [5, 5.41) is 6.95. The zero-order valence-corrected chi connectivity index (χ0v) is 17.1. The molecule has 29 heavy (non-hydrogen) atoms. The van der Waals surface area contributed by atoms with E-state index >= 15 is 0 Å². The average Bonchev–Trinajstić information content (AvgIpc) is 3.22. The molecule has 0 bridgehead atoms. The minimum atomic E-state index is -3.61. The van der Waals surface area contributed by atoms with Crippen molar-refractivity contribution in [2.24, 2.45) is 0 Å². The molecule has 0 spiro atoms. The van der Waals surface area contributed by atoms with Gasteiger partial charge in [0.05, 0.1) is 11.4 Å². The number of hydrogen-bond donors (Lipinski definition) is 2. The number of carbonyl (C=O) groups is 1. The number of rotatable bonds is 8. The molecule has 0 aliphatic carbocycles.